The van der Waals surface area contributed by atoms with Crippen molar-refractivity contribution < 1.29 is 29.3 Å². The van der Waals surface area contributed by atoms with Gasteiger partial charge in [0.1, 0.15) is 0 Å². The van der Waals surface area contributed by atoms with Crippen LogP contribution >= 0.6 is 27.3 Å². The van der Waals surface area contributed by atoms with Crippen molar-refractivity contribution in [3.63, 3.8) is 0 Å². The lowest BCUT2D eigenvalue weighted by Gasteiger charge is -2.21. The van der Waals surface area contributed by atoms with Gasteiger partial charge in [-0.25, -0.2) is 9.59 Å². The van der Waals surface area contributed by atoms with E-state index in [1.807, 2.05) is 0 Å². The highest BCUT2D eigenvalue weighted by molar-refractivity contribution is 9.10. The molecule has 3 rings (SSSR count). The van der Waals surface area contributed by atoms with E-state index in [4.69, 9.17) is 9.84 Å². The fourth-order valence-corrected chi connectivity index (χ4v) is 4.67. The number of halogens is 1. The van der Waals surface area contributed by atoms with Crippen LogP contribution in [-0.4, -0.2) is 39.6 Å². The predicted octanol–water partition coefficient (Wildman–Crippen LogP) is 4.42. The summed E-state index contributed by atoms with van der Waals surface area (Å²) in [6.45, 7) is 0.768. The quantitative estimate of drug-likeness (QED) is 0.503. The van der Waals surface area contributed by atoms with Gasteiger partial charge >= 0.3 is 11.9 Å². The molecule has 0 bridgehead atoms. The zero-order chi connectivity index (χ0) is 21.8. The van der Waals surface area contributed by atoms with Gasteiger partial charge in [0.25, 0.3) is 0 Å². The molecule has 154 valence electrons. The second-order valence-electron chi connectivity index (χ2n) is 6.00. The van der Waals surface area contributed by atoms with Crippen LogP contribution in [0.4, 0.5) is 11.4 Å². The fraction of sp³-hybridized carbons (Fsp3) is 0.100. The molecule has 30 heavy (non-hydrogen) atoms. The number of carbonyl (C=O) groups is 3. The number of anilines is 2. The molecular weight excluding hydrogens is 476 g/mol. The Labute approximate surface area is 183 Å². The summed E-state index contributed by atoms with van der Waals surface area (Å²) in [4.78, 5) is 40.6. The number of aliphatic carboxylic acids is 1. The van der Waals surface area contributed by atoms with E-state index in [1.165, 1.54) is 11.8 Å². The van der Waals surface area contributed by atoms with Gasteiger partial charge in [0, 0.05) is 25.0 Å². The largest absolute Gasteiger partial charge is 0.479 e. The lowest BCUT2D eigenvalue weighted by molar-refractivity contribution is -0.139. The van der Waals surface area contributed by atoms with Gasteiger partial charge in [-0.15, -0.1) is 11.3 Å². The second kappa shape index (κ2) is 9.06. The molecule has 0 radical (unpaired) electrons. The third-order valence-electron chi connectivity index (χ3n) is 3.95. The fourth-order valence-electron chi connectivity index (χ4n) is 2.78. The van der Waals surface area contributed by atoms with E-state index in [0.29, 0.717) is 26.3 Å². The Morgan fingerprint density at radius 2 is 1.83 bits per heavy atom. The molecule has 0 aliphatic heterocycles. The molecule has 3 aromatic rings. The molecule has 0 saturated carbocycles. The number of pyridine rings is 1. The van der Waals surface area contributed by atoms with Crippen LogP contribution < -0.4 is 9.64 Å². The van der Waals surface area contributed by atoms with Gasteiger partial charge in [-0.05, 0) is 45.8 Å². The average Bonchev–Trinajstić information content (AvgIpc) is 3.04. The van der Waals surface area contributed by atoms with Crippen LogP contribution in [-0.2, 0) is 9.59 Å². The normalized spacial score (nSPS) is 10.5. The maximum Gasteiger partial charge on any atom is 0.349 e. The van der Waals surface area contributed by atoms with E-state index < -0.39 is 18.5 Å². The number of carboxylic acids is 2. The minimum Gasteiger partial charge on any atom is -0.479 e. The number of carbonyl (C=O) groups excluding carboxylic acids is 1. The zero-order valence-corrected chi connectivity index (χ0v) is 17.9. The molecule has 8 nitrogen and oxygen atoms in total. The highest BCUT2D eigenvalue weighted by atomic mass is 79.9. The van der Waals surface area contributed by atoms with Crippen molar-refractivity contribution >= 4 is 56.5 Å². The first-order chi connectivity index (χ1) is 14.3. The van der Waals surface area contributed by atoms with E-state index in [1.54, 1.807) is 48.8 Å². The summed E-state index contributed by atoms with van der Waals surface area (Å²) in [5.41, 5.74) is 1.85. The zero-order valence-electron chi connectivity index (χ0n) is 15.5. The maximum atomic E-state index is 12.3. The summed E-state index contributed by atoms with van der Waals surface area (Å²) in [7, 11) is 0. The van der Waals surface area contributed by atoms with Crippen molar-refractivity contribution in [2.45, 2.75) is 6.92 Å². The van der Waals surface area contributed by atoms with Gasteiger partial charge in [-0.2, -0.15) is 0 Å². The van der Waals surface area contributed by atoms with Crippen molar-refractivity contribution in [3.05, 3.63) is 58.1 Å². The topological polar surface area (TPSA) is 117 Å². The number of thiophene rings is 1. The number of aromatic nitrogens is 1. The summed E-state index contributed by atoms with van der Waals surface area (Å²) >= 11 is 4.28. The van der Waals surface area contributed by atoms with E-state index in [0.717, 1.165) is 11.3 Å². The standard InChI is InChI=1S/C20H15BrN2O6S/c1-11(24)23(13-5-7-22-8-6-13)14-4-2-3-12(9-14)18-16(21)17(29-10-15(25)26)19(30-18)20(27)28/h2-9H,10H2,1H3,(H,25,26)(H,27,28). The lowest BCUT2D eigenvalue weighted by Crippen LogP contribution is -2.22. The monoisotopic (exact) mass is 490 g/mol. The Kier molecular flexibility index (Phi) is 6.48. The number of carboxylic acid groups (broad SMARTS) is 2. The van der Waals surface area contributed by atoms with Crippen molar-refractivity contribution in [2.24, 2.45) is 0 Å². The van der Waals surface area contributed by atoms with Gasteiger partial charge in [0.05, 0.1) is 15.0 Å². The predicted molar refractivity (Wildman–Crippen MR) is 115 cm³/mol. The van der Waals surface area contributed by atoms with E-state index in [2.05, 4.69) is 20.9 Å². The van der Waals surface area contributed by atoms with Crippen LogP contribution in [0.25, 0.3) is 10.4 Å². The van der Waals surface area contributed by atoms with Crippen LogP contribution in [0.3, 0.4) is 0 Å². The molecule has 0 atom stereocenters. The minimum atomic E-state index is -1.23. The summed E-state index contributed by atoms with van der Waals surface area (Å²) in [5, 5.41) is 18.3. The number of aromatic carboxylic acids is 1. The number of hydrogen-bond donors (Lipinski definition) is 2. The Bertz CT molecular complexity index is 1120. The van der Waals surface area contributed by atoms with Crippen molar-refractivity contribution in [1.29, 1.82) is 0 Å². The maximum absolute atomic E-state index is 12.3. The lowest BCUT2D eigenvalue weighted by atomic mass is 10.1. The van der Waals surface area contributed by atoms with E-state index >= 15 is 0 Å². The molecule has 1 aromatic carbocycles. The summed E-state index contributed by atoms with van der Waals surface area (Å²) < 4.78 is 5.52. The summed E-state index contributed by atoms with van der Waals surface area (Å²) in [6.07, 6.45) is 3.16. The van der Waals surface area contributed by atoms with E-state index in [-0.39, 0.29) is 16.5 Å². The number of hydrogen-bond acceptors (Lipinski definition) is 6. The molecule has 0 aliphatic rings. The van der Waals surface area contributed by atoms with Gasteiger partial charge in [0.2, 0.25) is 5.91 Å². The highest BCUT2D eigenvalue weighted by Gasteiger charge is 2.25. The first-order valence-corrected chi connectivity index (χ1v) is 10.1. The van der Waals surface area contributed by atoms with E-state index in [9.17, 15) is 19.5 Å². The van der Waals surface area contributed by atoms with Crippen molar-refractivity contribution in [1.82, 2.24) is 4.98 Å². The molecular formula is C20H15BrN2O6S. The Morgan fingerprint density at radius 3 is 2.43 bits per heavy atom. The van der Waals surface area contributed by atoms with Crippen LogP contribution in [0.5, 0.6) is 5.75 Å². The van der Waals surface area contributed by atoms with Crippen LogP contribution in [0.1, 0.15) is 16.6 Å². The smallest absolute Gasteiger partial charge is 0.349 e. The number of nitrogens with zero attached hydrogens (tertiary/aromatic N) is 2. The molecule has 10 heteroatoms. The summed E-state index contributed by atoms with van der Waals surface area (Å²) in [6, 6.07) is 10.4. The molecule has 2 heterocycles. The third kappa shape index (κ3) is 4.50. The number of amides is 1. The molecule has 0 aliphatic carbocycles. The second-order valence-corrected chi connectivity index (χ2v) is 7.81. The Morgan fingerprint density at radius 1 is 1.13 bits per heavy atom. The molecule has 2 N–H and O–H groups in total. The first kappa shape index (κ1) is 21.5. The van der Waals surface area contributed by atoms with Gasteiger partial charge in [0.15, 0.2) is 17.2 Å². The highest BCUT2D eigenvalue weighted by Crippen LogP contribution is 2.46. The minimum absolute atomic E-state index is 0.0483. The van der Waals surface area contributed by atoms with Gasteiger partial charge in [-0.3, -0.25) is 14.7 Å². The Balaban J connectivity index is 2.07. The number of ether oxygens (including phenoxy) is 1. The molecule has 0 unspecified atom stereocenters. The van der Waals surface area contributed by atoms with Crippen LogP contribution in [0, 0.1) is 0 Å². The molecule has 2 aromatic heterocycles. The SMILES string of the molecule is CC(=O)N(c1ccncc1)c1cccc(-c2sc(C(=O)O)c(OCC(=O)O)c2Br)c1. The third-order valence-corrected chi connectivity index (χ3v) is 6.17. The van der Waals surface area contributed by atoms with Crippen molar-refractivity contribution in [2.75, 3.05) is 11.5 Å². The van der Waals surface area contributed by atoms with Crippen LogP contribution in [0.2, 0.25) is 0 Å². The summed E-state index contributed by atoms with van der Waals surface area (Å²) in [5.74, 6) is -2.71. The average molecular weight is 491 g/mol. The van der Waals surface area contributed by atoms with Gasteiger partial charge in [-0.1, -0.05) is 12.1 Å². The van der Waals surface area contributed by atoms with Crippen molar-refractivity contribution in [3.8, 4) is 16.2 Å². The molecule has 1 amide bonds. The molecule has 0 saturated heterocycles. The number of rotatable bonds is 7. The first-order valence-electron chi connectivity index (χ1n) is 8.51. The van der Waals surface area contributed by atoms with Crippen LogP contribution in [0.15, 0.2) is 53.3 Å². The molecule has 0 fully saturated rings. The Hall–Kier alpha value is -3.24. The number of benzene rings is 1. The van der Waals surface area contributed by atoms with Gasteiger partial charge < -0.3 is 14.9 Å². The molecule has 0 spiro atoms.